The third-order valence-electron chi connectivity index (χ3n) is 2.74. The lowest BCUT2D eigenvalue weighted by molar-refractivity contribution is 0.411. The van der Waals surface area contributed by atoms with Crippen molar-refractivity contribution in [3.8, 4) is 5.75 Å². The number of methoxy groups -OCH3 is 1. The van der Waals surface area contributed by atoms with Crippen LogP contribution < -0.4 is 16.0 Å². The summed E-state index contributed by atoms with van der Waals surface area (Å²) in [6.45, 7) is 0. The number of rotatable bonds is 4. The Balaban J connectivity index is 2.43. The molecule has 0 fully saturated rings. The third kappa shape index (κ3) is 3.09. The molecule has 0 amide bonds. The number of nitrogens with one attached hydrogen (secondary N) is 1. The molecule has 0 saturated heterocycles. The van der Waals surface area contributed by atoms with E-state index in [1.54, 1.807) is 25.6 Å². The van der Waals surface area contributed by atoms with Crippen molar-refractivity contribution in [1.29, 1.82) is 0 Å². The lowest BCUT2D eigenvalue weighted by Gasteiger charge is -2.18. The molecule has 1 unspecified atom stereocenters. The molecule has 0 aliphatic heterocycles. The molecule has 1 aromatic heterocycles. The van der Waals surface area contributed by atoms with Gasteiger partial charge in [-0.1, -0.05) is 22.0 Å². The van der Waals surface area contributed by atoms with Gasteiger partial charge >= 0.3 is 0 Å². The summed E-state index contributed by atoms with van der Waals surface area (Å²) in [7, 11) is 1.57. The lowest BCUT2D eigenvalue weighted by atomic mass is 10.0. The van der Waals surface area contributed by atoms with Crippen LogP contribution in [0.5, 0.6) is 5.75 Å². The van der Waals surface area contributed by atoms with E-state index in [0.717, 1.165) is 11.1 Å². The molecular weight excluding hydrogens is 313 g/mol. The predicted octanol–water partition coefficient (Wildman–Crippen LogP) is 2.54. The van der Waals surface area contributed by atoms with Gasteiger partial charge in [0.25, 0.3) is 0 Å². The minimum absolute atomic E-state index is 0.308. The molecule has 1 aromatic carbocycles. The molecule has 4 nitrogen and oxygen atoms in total. The Morgan fingerprint density at radius 1 is 1.37 bits per heavy atom. The number of ether oxygens (including phenoxy) is 1. The number of hydrogen-bond donors (Lipinski definition) is 2. The highest BCUT2D eigenvalue weighted by Gasteiger charge is 2.16. The van der Waals surface area contributed by atoms with E-state index in [-0.39, 0.29) is 11.9 Å². The molecule has 0 aliphatic carbocycles. The number of nitrogens with zero attached hydrogens (tertiary/aromatic N) is 1. The zero-order valence-corrected chi connectivity index (χ0v) is 11.8. The van der Waals surface area contributed by atoms with Crippen molar-refractivity contribution in [3.05, 3.63) is 58.1 Å². The topological polar surface area (TPSA) is 60.2 Å². The minimum atomic E-state index is -0.310. The average molecular weight is 326 g/mol. The first-order valence-corrected chi connectivity index (χ1v) is 6.35. The number of nitrogens with two attached hydrogens (primary N) is 1. The molecule has 0 spiro atoms. The van der Waals surface area contributed by atoms with Gasteiger partial charge in [-0.25, -0.2) is 9.82 Å². The largest absolute Gasteiger partial charge is 0.495 e. The van der Waals surface area contributed by atoms with Crippen LogP contribution in [0.4, 0.5) is 4.39 Å². The zero-order valence-electron chi connectivity index (χ0n) is 10.2. The monoisotopic (exact) mass is 325 g/mol. The van der Waals surface area contributed by atoms with Crippen molar-refractivity contribution in [2.45, 2.75) is 6.04 Å². The molecule has 6 heteroatoms. The molecule has 0 radical (unpaired) electrons. The predicted molar refractivity (Wildman–Crippen MR) is 74.1 cm³/mol. The van der Waals surface area contributed by atoms with E-state index in [4.69, 9.17) is 10.6 Å². The van der Waals surface area contributed by atoms with Crippen LogP contribution in [0.3, 0.4) is 0 Å². The van der Waals surface area contributed by atoms with E-state index in [2.05, 4.69) is 26.3 Å². The number of pyridine rings is 1. The maximum Gasteiger partial charge on any atom is 0.137 e. The Labute approximate surface area is 118 Å². The SMILES string of the molecule is COc1cncc(C(NN)c2ccc(F)cc2Br)c1. The van der Waals surface area contributed by atoms with E-state index < -0.39 is 0 Å². The van der Waals surface area contributed by atoms with Crippen LogP contribution in [-0.2, 0) is 0 Å². The first-order chi connectivity index (χ1) is 9.15. The number of halogens is 2. The van der Waals surface area contributed by atoms with Gasteiger partial charge in [0.05, 0.1) is 19.3 Å². The van der Waals surface area contributed by atoms with Gasteiger partial charge in [0.15, 0.2) is 0 Å². The molecule has 2 aromatic rings. The quantitative estimate of drug-likeness (QED) is 0.670. The fourth-order valence-corrected chi connectivity index (χ4v) is 2.39. The summed E-state index contributed by atoms with van der Waals surface area (Å²) >= 11 is 3.33. The van der Waals surface area contributed by atoms with Crippen LogP contribution in [0, 0.1) is 5.82 Å². The Bertz CT molecular complexity index is 580. The summed E-state index contributed by atoms with van der Waals surface area (Å²) in [5.74, 6) is 5.93. The Morgan fingerprint density at radius 3 is 2.79 bits per heavy atom. The van der Waals surface area contributed by atoms with Gasteiger partial charge in [0, 0.05) is 10.7 Å². The summed E-state index contributed by atoms with van der Waals surface area (Å²) in [5.41, 5.74) is 4.34. The summed E-state index contributed by atoms with van der Waals surface area (Å²) < 4.78 is 18.9. The fourth-order valence-electron chi connectivity index (χ4n) is 1.81. The van der Waals surface area contributed by atoms with Crippen molar-refractivity contribution >= 4 is 15.9 Å². The molecule has 1 heterocycles. The van der Waals surface area contributed by atoms with E-state index in [9.17, 15) is 4.39 Å². The van der Waals surface area contributed by atoms with Gasteiger partial charge in [-0.15, -0.1) is 0 Å². The van der Waals surface area contributed by atoms with E-state index in [0.29, 0.717) is 10.2 Å². The molecular formula is C13H13BrFN3O. The van der Waals surface area contributed by atoms with Gasteiger partial charge in [-0.3, -0.25) is 10.8 Å². The van der Waals surface area contributed by atoms with E-state index in [1.807, 2.05) is 6.07 Å². The summed E-state index contributed by atoms with van der Waals surface area (Å²) in [5, 5.41) is 0. The van der Waals surface area contributed by atoms with Crippen LogP contribution in [0.25, 0.3) is 0 Å². The second-order valence-electron chi connectivity index (χ2n) is 3.92. The highest BCUT2D eigenvalue weighted by atomic mass is 79.9. The van der Waals surface area contributed by atoms with Gasteiger partial charge < -0.3 is 4.74 Å². The second-order valence-corrected chi connectivity index (χ2v) is 4.78. The number of hydrazine groups is 1. The van der Waals surface area contributed by atoms with Crippen LogP contribution in [0.2, 0.25) is 0 Å². The number of hydrogen-bond acceptors (Lipinski definition) is 4. The van der Waals surface area contributed by atoms with Crippen molar-refractivity contribution in [2.75, 3.05) is 7.11 Å². The number of aromatic nitrogens is 1. The molecule has 19 heavy (non-hydrogen) atoms. The normalized spacial score (nSPS) is 12.2. The number of benzene rings is 1. The van der Waals surface area contributed by atoms with E-state index >= 15 is 0 Å². The molecule has 0 bridgehead atoms. The maximum atomic E-state index is 13.1. The minimum Gasteiger partial charge on any atom is -0.495 e. The summed E-state index contributed by atoms with van der Waals surface area (Å²) in [6, 6.07) is 5.97. The van der Waals surface area contributed by atoms with Crippen molar-refractivity contribution in [1.82, 2.24) is 10.4 Å². The van der Waals surface area contributed by atoms with Crippen molar-refractivity contribution in [3.63, 3.8) is 0 Å². The average Bonchev–Trinajstić information content (AvgIpc) is 2.42. The van der Waals surface area contributed by atoms with Crippen LogP contribution in [-0.4, -0.2) is 12.1 Å². The maximum absolute atomic E-state index is 13.1. The molecule has 100 valence electrons. The highest BCUT2D eigenvalue weighted by Crippen LogP contribution is 2.29. The van der Waals surface area contributed by atoms with Gasteiger partial charge in [0.2, 0.25) is 0 Å². The van der Waals surface area contributed by atoms with E-state index in [1.165, 1.54) is 12.1 Å². The smallest absolute Gasteiger partial charge is 0.137 e. The standard InChI is InChI=1S/C13H13BrFN3O/c1-19-10-4-8(6-17-7-10)13(18-16)11-3-2-9(15)5-12(11)14/h2-7,13,18H,16H2,1H3. The molecule has 2 rings (SSSR count). The lowest BCUT2D eigenvalue weighted by Crippen LogP contribution is -2.29. The third-order valence-corrected chi connectivity index (χ3v) is 3.43. The van der Waals surface area contributed by atoms with Gasteiger partial charge in [-0.05, 0) is 29.3 Å². The van der Waals surface area contributed by atoms with Crippen LogP contribution in [0.15, 0.2) is 41.1 Å². The molecule has 3 N–H and O–H groups in total. The van der Waals surface area contributed by atoms with Gasteiger partial charge in [-0.2, -0.15) is 0 Å². The first-order valence-electron chi connectivity index (χ1n) is 5.55. The highest BCUT2D eigenvalue weighted by molar-refractivity contribution is 9.10. The van der Waals surface area contributed by atoms with Crippen LogP contribution in [0.1, 0.15) is 17.2 Å². The van der Waals surface area contributed by atoms with Crippen LogP contribution >= 0.6 is 15.9 Å². The Morgan fingerprint density at radius 2 is 2.16 bits per heavy atom. The Hall–Kier alpha value is -1.50. The first kappa shape index (κ1) is 13.9. The summed E-state index contributed by atoms with van der Waals surface area (Å²) in [6.07, 6.45) is 3.29. The molecule has 1 atom stereocenters. The van der Waals surface area contributed by atoms with Gasteiger partial charge in [0.1, 0.15) is 11.6 Å². The summed E-state index contributed by atoms with van der Waals surface area (Å²) in [4.78, 5) is 4.09. The second kappa shape index (κ2) is 6.10. The Kier molecular flexibility index (Phi) is 4.47. The molecule has 0 saturated carbocycles. The fraction of sp³-hybridized carbons (Fsp3) is 0.154. The van der Waals surface area contributed by atoms with Crippen molar-refractivity contribution < 1.29 is 9.13 Å². The zero-order chi connectivity index (χ0) is 13.8. The molecule has 0 aliphatic rings. The van der Waals surface area contributed by atoms with Crippen molar-refractivity contribution in [2.24, 2.45) is 5.84 Å².